The zero-order chi connectivity index (χ0) is 17.8. The van der Waals surface area contributed by atoms with Crippen LogP contribution in [0.2, 0.25) is 0 Å². The van der Waals surface area contributed by atoms with Crippen LogP contribution < -0.4 is 5.32 Å². The van der Waals surface area contributed by atoms with E-state index in [1.807, 2.05) is 0 Å². The van der Waals surface area contributed by atoms with Gasteiger partial charge in [0.05, 0.1) is 18.4 Å². The lowest BCUT2D eigenvalue weighted by atomic mass is 10.1. The van der Waals surface area contributed by atoms with Crippen LogP contribution in [0.1, 0.15) is 20.7 Å². The zero-order valence-corrected chi connectivity index (χ0v) is 13.3. The van der Waals surface area contributed by atoms with Gasteiger partial charge in [-0.15, -0.1) is 0 Å². The Balaban J connectivity index is 1.88. The minimum absolute atomic E-state index is 0.0215. The fourth-order valence-corrected chi connectivity index (χ4v) is 2.30. The Hall–Kier alpha value is -3.48. The van der Waals surface area contributed by atoms with Crippen molar-refractivity contribution < 1.29 is 18.7 Å². The van der Waals surface area contributed by atoms with Gasteiger partial charge < -0.3 is 10.1 Å². The minimum atomic E-state index is -0.576. The number of nitrogens with one attached hydrogen (secondary N) is 1. The smallest absolute Gasteiger partial charge is 0.337 e. The molecule has 1 amide bonds. The Bertz CT molecular complexity index is 906. The number of aromatic nitrogens is 2. The topological polar surface area (TPSA) is 73.2 Å². The van der Waals surface area contributed by atoms with Crippen molar-refractivity contribution in [2.45, 2.75) is 0 Å². The number of benzene rings is 2. The fourth-order valence-electron chi connectivity index (χ4n) is 2.30. The molecule has 0 spiro atoms. The van der Waals surface area contributed by atoms with Crippen LogP contribution in [0.4, 0.5) is 10.1 Å². The van der Waals surface area contributed by atoms with Gasteiger partial charge in [-0.05, 0) is 42.5 Å². The molecule has 0 bridgehead atoms. The highest BCUT2D eigenvalue weighted by Gasteiger charge is 2.15. The summed E-state index contributed by atoms with van der Waals surface area (Å²) >= 11 is 0. The Morgan fingerprint density at radius 2 is 1.80 bits per heavy atom. The van der Waals surface area contributed by atoms with Gasteiger partial charge in [0.1, 0.15) is 11.5 Å². The molecule has 0 saturated carbocycles. The number of carbonyl (C=O) groups excluding carboxylic acids is 2. The number of para-hydroxylation sites is 1. The van der Waals surface area contributed by atoms with Crippen molar-refractivity contribution in [3.05, 3.63) is 77.9 Å². The Morgan fingerprint density at radius 3 is 2.44 bits per heavy atom. The first-order valence-corrected chi connectivity index (χ1v) is 7.38. The Labute approximate surface area is 142 Å². The molecule has 1 heterocycles. The average Bonchev–Trinajstić information content (AvgIpc) is 3.17. The summed E-state index contributed by atoms with van der Waals surface area (Å²) in [6.07, 6.45) is 3.21. The Kier molecular flexibility index (Phi) is 4.56. The van der Waals surface area contributed by atoms with Crippen molar-refractivity contribution in [3.63, 3.8) is 0 Å². The van der Waals surface area contributed by atoms with E-state index in [9.17, 15) is 14.0 Å². The maximum absolute atomic E-state index is 14.2. The molecule has 0 fully saturated rings. The molecule has 7 heteroatoms. The number of methoxy groups -OCH3 is 1. The summed E-state index contributed by atoms with van der Waals surface area (Å²) in [5.41, 5.74) is 1.03. The molecule has 0 atom stereocenters. The van der Waals surface area contributed by atoms with Gasteiger partial charge in [0.25, 0.3) is 5.91 Å². The number of amides is 1. The van der Waals surface area contributed by atoms with Crippen molar-refractivity contribution >= 4 is 17.6 Å². The molecule has 1 N–H and O–H groups in total. The Morgan fingerprint density at radius 1 is 1.08 bits per heavy atom. The highest BCUT2D eigenvalue weighted by atomic mass is 19.1. The molecular formula is C18H14FN3O3. The second kappa shape index (κ2) is 6.96. The number of hydrogen-bond donors (Lipinski definition) is 1. The summed E-state index contributed by atoms with van der Waals surface area (Å²) in [7, 11) is 1.28. The highest BCUT2D eigenvalue weighted by molar-refractivity contribution is 6.05. The van der Waals surface area contributed by atoms with Crippen LogP contribution in [0.3, 0.4) is 0 Å². The molecule has 6 nitrogen and oxygen atoms in total. The van der Waals surface area contributed by atoms with Crippen molar-refractivity contribution in [1.82, 2.24) is 9.78 Å². The van der Waals surface area contributed by atoms with Crippen LogP contribution in [0, 0.1) is 5.82 Å². The van der Waals surface area contributed by atoms with E-state index in [4.69, 9.17) is 0 Å². The molecule has 0 radical (unpaired) electrons. The van der Waals surface area contributed by atoms with Gasteiger partial charge in [0.2, 0.25) is 0 Å². The normalized spacial score (nSPS) is 10.3. The van der Waals surface area contributed by atoms with Crippen molar-refractivity contribution in [1.29, 1.82) is 0 Å². The van der Waals surface area contributed by atoms with Crippen molar-refractivity contribution in [2.75, 3.05) is 12.4 Å². The lowest BCUT2D eigenvalue weighted by molar-refractivity contribution is 0.0600. The summed E-state index contributed by atoms with van der Waals surface area (Å²) in [6.45, 7) is 0. The van der Waals surface area contributed by atoms with E-state index in [0.717, 1.165) is 0 Å². The predicted molar refractivity (Wildman–Crippen MR) is 89.3 cm³/mol. The summed E-state index contributed by atoms with van der Waals surface area (Å²) in [4.78, 5) is 23.8. The fraction of sp³-hybridized carbons (Fsp3) is 0.0556. The van der Waals surface area contributed by atoms with Crippen molar-refractivity contribution in [3.8, 4) is 5.69 Å². The first-order chi connectivity index (χ1) is 12.1. The molecule has 0 aliphatic rings. The van der Waals surface area contributed by atoms with Crippen LogP contribution in [0.25, 0.3) is 5.69 Å². The van der Waals surface area contributed by atoms with E-state index in [-0.39, 0.29) is 11.3 Å². The van der Waals surface area contributed by atoms with E-state index in [2.05, 4.69) is 15.2 Å². The number of ether oxygens (including phenoxy) is 1. The lowest BCUT2D eigenvalue weighted by Crippen LogP contribution is -2.15. The SMILES string of the molecule is COC(=O)c1ccc(C(=O)Nc2c(F)cccc2-n2cccn2)cc1. The van der Waals surface area contributed by atoms with E-state index in [0.29, 0.717) is 11.3 Å². The maximum atomic E-state index is 14.2. The number of halogens is 1. The third kappa shape index (κ3) is 3.40. The molecule has 2 aromatic carbocycles. The number of anilines is 1. The number of esters is 1. The van der Waals surface area contributed by atoms with E-state index in [1.54, 1.807) is 24.5 Å². The van der Waals surface area contributed by atoms with E-state index in [1.165, 1.54) is 48.2 Å². The number of carbonyl (C=O) groups is 2. The first-order valence-electron chi connectivity index (χ1n) is 7.38. The van der Waals surface area contributed by atoms with E-state index >= 15 is 0 Å². The van der Waals surface area contributed by atoms with Crippen LogP contribution in [-0.4, -0.2) is 28.8 Å². The molecule has 25 heavy (non-hydrogen) atoms. The van der Waals surface area contributed by atoms with Gasteiger partial charge in [-0.2, -0.15) is 5.10 Å². The standard InChI is InChI=1S/C18H14FN3O3/c1-25-18(24)13-8-6-12(7-9-13)17(23)21-16-14(19)4-2-5-15(16)22-11-3-10-20-22/h2-11H,1H3,(H,21,23). The molecule has 0 aliphatic heterocycles. The predicted octanol–water partition coefficient (Wildman–Crippen LogP) is 3.05. The van der Waals surface area contributed by atoms with Crippen LogP contribution in [0.15, 0.2) is 60.9 Å². The summed E-state index contributed by atoms with van der Waals surface area (Å²) < 4.78 is 20.3. The molecule has 0 unspecified atom stereocenters. The third-order valence-corrected chi connectivity index (χ3v) is 3.55. The van der Waals surface area contributed by atoms with Crippen molar-refractivity contribution in [2.24, 2.45) is 0 Å². The van der Waals surface area contributed by atoms with Gasteiger partial charge in [0, 0.05) is 18.0 Å². The van der Waals surface area contributed by atoms with Gasteiger partial charge in [0.15, 0.2) is 0 Å². The second-order valence-electron chi connectivity index (χ2n) is 5.11. The van der Waals surface area contributed by atoms with Gasteiger partial charge in [-0.1, -0.05) is 6.07 Å². The van der Waals surface area contributed by atoms with Gasteiger partial charge in [-0.25, -0.2) is 13.9 Å². The molecule has 126 valence electrons. The second-order valence-corrected chi connectivity index (χ2v) is 5.11. The van der Waals surface area contributed by atoms with Gasteiger partial charge >= 0.3 is 5.97 Å². The first kappa shape index (κ1) is 16.4. The molecule has 1 aromatic heterocycles. The van der Waals surface area contributed by atoms with E-state index < -0.39 is 17.7 Å². The largest absolute Gasteiger partial charge is 0.465 e. The monoisotopic (exact) mass is 339 g/mol. The van der Waals surface area contributed by atoms with Crippen LogP contribution in [0.5, 0.6) is 0 Å². The quantitative estimate of drug-likeness (QED) is 0.742. The minimum Gasteiger partial charge on any atom is -0.465 e. The third-order valence-electron chi connectivity index (χ3n) is 3.55. The zero-order valence-electron chi connectivity index (χ0n) is 13.3. The summed E-state index contributed by atoms with van der Waals surface area (Å²) in [5, 5.41) is 6.61. The number of nitrogens with zero attached hydrogens (tertiary/aromatic N) is 2. The lowest BCUT2D eigenvalue weighted by Gasteiger charge is -2.12. The highest BCUT2D eigenvalue weighted by Crippen LogP contribution is 2.24. The molecule has 3 rings (SSSR count). The van der Waals surface area contributed by atoms with Gasteiger partial charge in [-0.3, -0.25) is 4.79 Å². The summed E-state index contributed by atoms with van der Waals surface area (Å²) in [6, 6.07) is 12.0. The van der Waals surface area contributed by atoms with Crippen LogP contribution >= 0.6 is 0 Å². The summed E-state index contributed by atoms with van der Waals surface area (Å²) in [5.74, 6) is -1.58. The number of hydrogen-bond acceptors (Lipinski definition) is 4. The molecule has 3 aromatic rings. The molecule has 0 saturated heterocycles. The maximum Gasteiger partial charge on any atom is 0.337 e. The molecule has 0 aliphatic carbocycles. The molecular weight excluding hydrogens is 325 g/mol. The average molecular weight is 339 g/mol. The van der Waals surface area contributed by atoms with Crippen LogP contribution in [-0.2, 0) is 4.74 Å². The number of rotatable bonds is 4.